The van der Waals surface area contributed by atoms with Crippen molar-refractivity contribution in [1.29, 1.82) is 0 Å². The van der Waals surface area contributed by atoms with Gasteiger partial charge in [-0.1, -0.05) is 30.3 Å². The first-order chi connectivity index (χ1) is 11.1. The summed E-state index contributed by atoms with van der Waals surface area (Å²) in [4.78, 5) is 24.2. The molecule has 3 aliphatic rings. The van der Waals surface area contributed by atoms with Crippen LogP contribution in [-0.2, 0) is 19.1 Å². The average Bonchev–Trinajstić information content (AvgIpc) is 2.53. The maximum absolute atomic E-state index is 12.5. The summed E-state index contributed by atoms with van der Waals surface area (Å²) in [6, 6.07) is 10.1. The van der Waals surface area contributed by atoms with Gasteiger partial charge in [0.15, 0.2) is 0 Å². The Bertz CT molecular complexity index is 638. The van der Waals surface area contributed by atoms with Crippen molar-refractivity contribution < 1.29 is 19.1 Å². The van der Waals surface area contributed by atoms with Gasteiger partial charge >= 0.3 is 11.9 Å². The van der Waals surface area contributed by atoms with E-state index in [1.807, 2.05) is 30.3 Å². The molecule has 122 valence electrons. The van der Waals surface area contributed by atoms with Crippen LogP contribution in [0.15, 0.2) is 30.3 Å². The molecule has 4 rings (SSSR count). The van der Waals surface area contributed by atoms with E-state index in [0.29, 0.717) is 19.4 Å². The van der Waals surface area contributed by atoms with Gasteiger partial charge in [0, 0.05) is 5.41 Å². The van der Waals surface area contributed by atoms with Crippen LogP contribution in [0.2, 0.25) is 0 Å². The predicted octanol–water partition coefficient (Wildman–Crippen LogP) is 1.98. The fourth-order valence-corrected chi connectivity index (χ4v) is 4.59. The quantitative estimate of drug-likeness (QED) is 0.846. The van der Waals surface area contributed by atoms with Gasteiger partial charge in [-0.25, -0.2) is 0 Å². The summed E-state index contributed by atoms with van der Waals surface area (Å²) >= 11 is 0. The van der Waals surface area contributed by atoms with Crippen LogP contribution in [0, 0.1) is 11.3 Å². The third-order valence-corrected chi connectivity index (χ3v) is 6.04. The molecule has 1 saturated heterocycles. The average molecular weight is 315 g/mol. The van der Waals surface area contributed by atoms with Gasteiger partial charge in [0.1, 0.15) is 12.1 Å². The topological polar surface area (TPSA) is 64.6 Å². The second kappa shape index (κ2) is 5.06. The normalized spacial score (nSPS) is 38.6. The molecule has 2 atom stereocenters. The Kier molecular flexibility index (Phi) is 3.23. The zero-order valence-corrected chi connectivity index (χ0v) is 13.2. The minimum atomic E-state index is -0.629. The fraction of sp³-hybridized carbons (Fsp3) is 0.556. The second-order valence-electron chi connectivity index (χ2n) is 7.02. The van der Waals surface area contributed by atoms with Gasteiger partial charge in [0.05, 0.1) is 19.1 Å². The Labute approximate surface area is 135 Å². The Balaban J connectivity index is 1.55. The molecule has 5 nitrogen and oxygen atoms in total. The smallest absolute Gasteiger partial charge is 0.327 e. The highest BCUT2D eigenvalue weighted by molar-refractivity contribution is 5.86. The van der Waals surface area contributed by atoms with Crippen molar-refractivity contribution in [2.75, 3.05) is 13.7 Å². The molecular formula is C18H21NO4. The van der Waals surface area contributed by atoms with Crippen LogP contribution in [0.25, 0.3) is 0 Å². The van der Waals surface area contributed by atoms with Crippen LogP contribution >= 0.6 is 0 Å². The van der Waals surface area contributed by atoms with E-state index >= 15 is 0 Å². The summed E-state index contributed by atoms with van der Waals surface area (Å²) in [5.74, 6) is -0.399. The summed E-state index contributed by atoms with van der Waals surface area (Å²) in [7, 11) is 1.42. The van der Waals surface area contributed by atoms with E-state index in [4.69, 9.17) is 9.47 Å². The SMILES string of the molecule is COC(=O)C1CC2(CC[C@]23N[C@@H](c2ccccc2)COC3=O)C1. The Morgan fingerprint density at radius 3 is 2.61 bits per heavy atom. The number of morpholine rings is 1. The Morgan fingerprint density at radius 2 is 2.00 bits per heavy atom. The number of hydrogen-bond acceptors (Lipinski definition) is 5. The van der Waals surface area contributed by atoms with Gasteiger partial charge in [-0.15, -0.1) is 0 Å². The lowest BCUT2D eigenvalue weighted by Crippen LogP contribution is -2.76. The van der Waals surface area contributed by atoms with Gasteiger partial charge in [-0.2, -0.15) is 0 Å². The number of rotatable bonds is 2. The molecular weight excluding hydrogens is 294 g/mol. The van der Waals surface area contributed by atoms with Crippen molar-refractivity contribution in [3.8, 4) is 0 Å². The summed E-state index contributed by atoms with van der Waals surface area (Å²) in [5.41, 5.74) is 0.359. The van der Waals surface area contributed by atoms with Crippen molar-refractivity contribution in [3.63, 3.8) is 0 Å². The van der Waals surface area contributed by atoms with Crippen LogP contribution < -0.4 is 5.32 Å². The van der Waals surface area contributed by atoms with E-state index in [1.54, 1.807) is 0 Å². The van der Waals surface area contributed by atoms with Crippen molar-refractivity contribution in [1.82, 2.24) is 5.32 Å². The number of methoxy groups -OCH3 is 1. The molecule has 1 N–H and O–H groups in total. The minimum absolute atomic E-state index is 0.0169. The van der Waals surface area contributed by atoms with E-state index in [1.165, 1.54) is 7.11 Å². The number of hydrogen-bond donors (Lipinski definition) is 1. The number of cyclic esters (lactones) is 1. The zero-order chi connectivity index (χ0) is 16.1. The fourth-order valence-electron chi connectivity index (χ4n) is 4.59. The highest BCUT2D eigenvalue weighted by Gasteiger charge is 2.71. The molecule has 0 aromatic heterocycles. The van der Waals surface area contributed by atoms with Gasteiger partial charge in [-0.05, 0) is 31.2 Å². The first-order valence-corrected chi connectivity index (χ1v) is 8.18. The zero-order valence-electron chi connectivity index (χ0n) is 13.2. The molecule has 23 heavy (non-hydrogen) atoms. The first-order valence-electron chi connectivity index (χ1n) is 8.18. The van der Waals surface area contributed by atoms with Gasteiger partial charge in [0.2, 0.25) is 0 Å². The lowest BCUT2D eigenvalue weighted by molar-refractivity contribution is -0.206. The predicted molar refractivity (Wildman–Crippen MR) is 82.4 cm³/mol. The number of ether oxygens (including phenoxy) is 2. The van der Waals surface area contributed by atoms with Gasteiger partial charge < -0.3 is 9.47 Å². The minimum Gasteiger partial charge on any atom is -0.469 e. The number of esters is 2. The summed E-state index contributed by atoms with van der Waals surface area (Å²) in [6.07, 6.45) is 3.17. The van der Waals surface area contributed by atoms with Gasteiger partial charge in [0.25, 0.3) is 0 Å². The molecule has 1 aliphatic heterocycles. The molecule has 1 aromatic carbocycles. The van der Waals surface area contributed by atoms with Crippen molar-refractivity contribution in [3.05, 3.63) is 35.9 Å². The van der Waals surface area contributed by atoms with E-state index < -0.39 is 5.54 Å². The van der Waals surface area contributed by atoms with Crippen molar-refractivity contribution in [2.45, 2.75) is 37.3 Å². The molecule has 5 heteroatoms. The molecule has 2 aliphatic carbocycles. The second-order valence-corrected chi connectivity index (χ2v) is 7.02. The molecule has 3 fully saturated rings. The summed E-state index contributed by atoms with van der Waals surface area (Å²) in [5, 5.41) is 3.58. The van der Waals surface area contributed by atoms with Crippen LogP contribution in [0.4, 0.5) is 0 Å². The largest absolute Gasteiger partial charge is 0.469 e. The lowest BCUT2D eigenvalue weighted by atomic mass is 9.42. The van der Waals surface area contributed by atoms with E-state index in [9.17, 15) is 9.59 Å². The summed E-state index contributed by atoms with van der Waals surface area (Å²) in [6.45, 7) is 0.362. The summed E-state index contributed by atoms with van der Waals surface area (Å²) < 4.78 is 10.4. The molecule has 0 amide bonds. The van der Waals surface area contributed by atoms with Crippen molar-refractivity contribution in [2.24, 2.45) is 11.3 Å². The number of carbonyl (C=O) groups excluding carboxylic acids is 2. The molecule has 1 heterocycles. The van der Waals surface area contributed by atoms with Gasteiger partial charge in [-0.3, -0.25) is 14.9 Å². The Morgan fingerprint density at radius 1 is 1.26 bits per heavy atom. The van der Waals surface area contributed by atoms with Crippen LogP contribution in [0.1, 0.15) is 37.3 Å². The highest BCUT2D eigenvalue weighted by atomic mass is 16.5. The molecule has 2 saturated carbocycles. The van der Waals surface area contributed by atoms with Crippen LogP contribution in [0.3, 0.4) is 0 Å². The number of benzene rings is 1. The first kappa shape index (κ1) is 14.7. The Hall–Kier alpha value is -1.88. The monoisotopic (exact) mass is 315 g/mol. The lowest BCUT2D eigenvalue weighted by Gasteiger charge is -2.66. The molecule has 2 spiro atoms. The molecule has 1 aromatic rings. The number of carbonyl (C=O) groups is 2. The third kappa shape index (κ3) is 1.96. The molecule has 0 unspecified atom stereocenters. The third-order valence-electron chi connectivity index (χ3n) is 6.04. The molecule has 0 bridgehead atoms. The number of fused-ring (bicyclic) bond motifs is 1. The van der Waals surface area contributed by atoms with Crippen LogP contribution in [-0.4, -0.2) is 31.2 Å². The standard InChI is InChI=1S/C18H21NO4/c1-22-15(20)13-9-17(10-13)7-8-18(17)16(21)23-11-14(19-18)12-5-3-2-4-6-12/h2-6,13-14,19H,7-11H2,1H3/t13?,14-,17?,18-/m1/s1. The maximum atomic E-state index is 12.5. The molecule has 0 radical (unpaired) electrons. The number of nitrogens with one attached hydrogen (secondary N) is 1. The van der Waals surface area contributed by atoms with E-state index in [0.717, 1.165) is 18.4 Å². The van der Waals surface area contributed by atoms with Crippen molar-refractivity contribution >= 4 is 11.9 Å². The highest BCUT2D eigenvalue weighted by Crippen LogP contribution is 2.65. The maximum Gasteiger partial charge on any atom is 0.327 e. The van der Waals surface area contributed by atoms with E-state index in [-0.39, 0.29) is 29.3 Å². The van der Waals surface area contributed by atoms with Crippen LogP contribution in [0.5, 0.6) is 0 Å². The van der Waals surface area contributed by atoms with E-state index in [2.05, 4.69) is 5.32 Å².